The van der Waals surface area contributed by atoms with Crippen molar-refractivity contribution in [3.8, 4) is 22.3 Å². The molecule has 0 atom stereocenters. The minimum atomic E-state index is 1.09. The molecule has 0 spiro atoms. The van der Waals surface area contributed by atoms with E-state index in [0.29, 0.717) is 0 Å². The zero-order valence-electron chi connectivity index (χ0n) is 21.1. The highest BCUT2D eigenvalue weighted by atomic mass is 14.2. The second kappa shape index (κ2) is 8.43. The van der Waals surface area contributed by atoms with Crippen molar-refractivity contribution in [2.75, 3.05) is 0 Å². The summed E-state index contributed by atoms with van der Waals surface area (Å²) in [6, 6.07) is 44.9. The second-order valence-electron chi connectivity index (χ2n) is 10.4. The van der Waals surface area contributed by atoms with Gasteiger partial charge in [-0.1, -0.05) is 127 Å². The molecule has 7 aromatic rings. The molecular weight excluding hydrogens is 456 g/mol. The van der Waals surface area contributed by atoms with Gasteiger partial charge in [-0.3, -0.25) is 0 Å². The molecule has 0 aliphatic heterocycles. The fourth-order valence-electron chi connectivity index (χ4n) is 6.66. The van der Waals surface area contributed by atoms with E-state index in [2.05, 4.69) is 133 Å². The van der Waals surface area contributed by atoms with Gasteiger partial charge in [0.05, 0.1) is 0 Å². The van der Waals surface area contributed by atoms with Gasteiger partial charge in [0.15, 0.2) is 0 Å². The summed E-state index contributed by atoms with van der Waals surface area (Å²) in [7, 11) is 0. The van der Waals surface area contributed by atoms with E-state index >= 15 is 0 Å². The lowest BCUT2D eigenvalue weighted by Crippen LogP contribution is -1.98. The summed E-state index contributed by atoms with van der Waals surface area (Å²) in [6.07, 6.45) is 6.84. The lowest BCUT2D eigenvalue weighted by molar-refractivity contribution is 0.990. The van der Waals surface area contributed by atoms with Crippen LogP contribution in [0.5, 0.6) is 0 Å². The molecule has 1 aliphatic rings. The summed E-state index contributed by atoms with van der Waals surface area (Å²) in [6.45, 7) is 0. The Balaban J connectivity index is 1.57. The van der Waals surface area contributed by atoms with Crippen molar-refractivity contribution in [1.82, 2.24) is 0 Å². The van der Waals surface area contributed by atoms with E-state index in [-0.39, 0.29) is 0 Å². The maximum atomic E-state index is 2.48. The molecule has 0 nitrogen and oxygen atoms in total. The molecule has 0 unspecified atom stereocenters. The molecule has 1 aliphatic carbocycles. The van der Waals surface area contributed by atoms with Crippen LogP contribution >= 0.6 is 0 Å². The van der Waals surface area contributed by atoms with Crippen LogP contribution < -0.4 is 0 Å². The third-order valence-electron chi connectivity index (χ3n) is 8.30. The second-order valence-corrected chi connectivity index (χ2v) is 10.4. The van der Waals surface area contributed by atoms with E-state index in [4.69, 9.17) is 0 Å². The van der Waals surface area contributed by atoms with Gasteiger partial charge in [-0.05, 0) is 95.4 Å². The number of allylic oxidation sites excluding steroid dienone is 1. The van der Waals surface area contributed by atoms with Gasteiger partial charge in [-0.25, -0.2) is 0 Å². The number of benzene rings is 7. The summed E-state index contributed by atoms with van der Waals surface area (Å²) >= 11 is 0. The Hall–Kier alpha value is -4.68. The highest BCUT2D eigenvalue weighted by Crippen LogP contribution is 2.47. The Morgan fingerprint density at radius 3 is 1.63 bits per heavy atom. The molecule has 0 N–H and O–H groups in total. The number of rotatable bonds is 2. The highest BCUT2D eigenvalue weighted by Gasteiger charge is 2.20. The molecule has 0 radical (unpaired) electrons. The van der Waals surface area contributed by atoms with Gasteiger partial charge in [0.25, 0.3) is 0 Å². The quantitative estimate of drug-likeness (QED) is 0.215. The van der Waals surface area contributed by atoms with Gasteiger partial charge in [-0.15, -0.1) is 0 Å². The van der Waals surface area contributed by atoms with Gasteiger partial charge < -0.3 is 0 Å². The Morgan fingerprint density at radius 2 is 0.947 bits per heavy atom. The Morgan fingerprint density at radius 1 is 0.421 bits per heavy atom. The first-order chi connectivity index (χ1) is 18.9. The van der Waals surface area contributed by atoms with Crippen LogP contribution in [0.4, 0.5) is 0 Å². The van der Waals surface area contributed by atoms with E-state index in [1.807, 2.05) is 0 Å². The zero-order valence-corrected chi connectivity index (χ0v) is 21.1. The van der Waals surface area contributed by atoms with Gasteiger partial charge in [0, 0.05) is 0 Å². The van der Waals surface area contributed by atoms with Gasteiger partial charge in [-0.2, -0.15) is 0 Å². The fourth-order valence-corrected chi connectivity index (χ4v) is 6.66. The molecule has 0 heteroatoms. The smallest absolute Gasteiger partial charge is 0.00200 e. The average molecular weight is 483 g/mol. The Kier molecular flexibility index (Phi) is 4.75. The molecule has 0 fully saturated rings. The molecule has 8 rings (SSSR count). The zero-order chi connectivity index (χ0) is 25.1. The van der Waals surface area contributed by atoms with Crippen molar-refractivity contribution in [2.45, 2.75) is 12.8 Å². The van der Waals surface area contributed by atoms with Crippen LogP contribution in [0.15, 0.2) is 127 Å². The molecule has 0 saturated heterocycles. The van der Waals surface area contributed by atoms with Crippen molar-refractivity contribution in [1.29, 1.82) is 0 Å². The monoisotopic (exact) mass is 482 g/mol. The number of aryl methyl sites for hydroxylation is 1. The van der Waals surface area contributed by atoms with Crippen LogP contribution in [0.25, 0.3) is 71.4 Å². The van der Waals surface area contributed by atoms with E-state index in [1.54, 1.807) is 0 Å². The van der Waals surface area contributed by atoms with Crippen LogP contribution in [0.2, 0.25) is 0 Å². The third kappa shape index (κ3) is 3.10. The topological polar surface area (TPSA) is 0 Å². The minimum Gasteiger partial charge on any atom is -0.0836 e. The molecule has 0 aromatic heterocycles. The van der Waals surface area contributed by atoms with Crippen LogP contribution in [0.3, 0.4) is 0 Å². The van der Waals surface area contributed by atoms with Crippen LogP contribution in [-0.4, -0.2) is 0 Å². The Bertz CT molecular complexity index is 2010. The summed E-state index contributed by atoms with van der Waals surface area (Å²) in [5, 5.41) is 10.5. The predicted molar refractivity (Wildman–Crippen MR) is 165 cm³/mol. The molecule has 178 valence electrons. The molecular formula is C38H26. The first-order valence-corrected chi connectivity index (χ1v) is 13.5. The molecule has 38 heavy (non-hydrogen) atoms. The van der Waals surface area contributed by atoms with Crippen molar-refractivity contribution in [2.24, 2.45) is 0 Å². The largest absolute Gasteiger partial charge is 0.0836 e. The number of hydrogen-bond donors (Lipinski definition) is 0. The van der Waals surface area contributed by atoms with E-state index in [1.165, 1.54) is 76.5 Å². The third-order valence-corrected chi connectivity index (χ3v) is 8.30. The standard InChI is InChI=1S/C38H26/c1-3-15-27-25(12-1)14-11-23-31(27)37-32-19-7-9-21-34(32)38(35-22-10-8-20-33(35)37)36-24-26-13-2-4-16-28(26)29-17-5-6-18-30(29)36/h1,3-12,14-24H,2,13H2. The normalized spacial score (nSPS) is 12.9. The summed E-state index contributed by atoms with van der Waals surface area (Å²) < 4.78 is 0. The first-order valence-electron chi connectivity index (χ1n) is 13.5. The maximum Gasteiger partial charge on any atom is -0.00200 e. The molecule has 0 bridgehead atoms. The van der Waals surface area contributed by atoms with E-state index < -0.39 is 0 Å². The predicted octanol–water partition coefficient (Wildman–Crippen LogP) is 10.6. The fraction of sp³-hybridized carbons (Fsp3) is 0.0526. The van der Waals surface area contributed by atoms with Crippen LogP contribution in [-0.2, 0) is 6.42 Å². The lowest BCUT2D eigenvalue weighted by atomic mass is 9.81. The first kappa shape index (κ1) is 21.4. The molecule has 7 aromatic carbocycles. The minimum absolute atomic E-state index is 1.09. The van der Waals surface area contributed by atoms with Crippen LogP contribution in [0.1, 0.15) is 17.5 Å². The molecule has 0 heterocycles. The number of hydrogen-bond acceptors (Lipinski definition) is 0. The summed E-state index contributed by atoms with van der Waals surface area (Å²) in [5.74, 6) is 0. The van der Waals surface area contributed by atoms with Gasteiger partial charge in [0.1, 0.15) is 0 Å². The SMILES string of the molecule is C1=Cc2c(cc(-c3c4ccccc4c(-c4cccc5ccccc45)c4ccccc34)c3ccccc23)CC1. The molecule has 0 amide bonds. The van der Waals surface area contributed by atoms with Crippen molar-refractivity contribution in [3.05, 3.63) is 139 Å². The lowest BCUT2D eigenvalue weighted by Gasteiger charge is -2.22. The van der Waals surface area contributed by atoms with Gasteiger partial charge >= 0.3 is 0 Å². The summed E-state index contributed by atoms with van der Waals surface area (Å²) in [5.41, 5.74) is 8.13. The van der Waals surface area contributed by atoms with E-state index in [9.17, 15) is 0 Å². The van der Waals surface area contributed by atoms with Crippen LogP contribution in [0, 0.1) is 0 Å². The van der Waals surface area contributed by atoms with Crippen molar-refractivity contribution < 1.29 is 0 Å². The van der Waals surface area contributed by atoms with Gasteiger partial charge in [0.2, 0.25) is 0 Å². The average Bonchev–Trinajstić information content (AvgIpc) is 2.99. The molecule has 0 saturated carbocycles. The maximum absolute atomic E-state index is 2.48. The summed E-state index contributed by atoms with van der Waals surface area (Å²) in [4.78, 5) is 0. The van der Waals surface area contributed by atoms with Crippen molar-refractivity contribution in [3.63, 3.8) is 0 Å². The highest BCUT2D eigenvalue weighted by molar-refractivity contribution is 6.25. The van der Waals surface area contributed by atoms with E-state index in [0.717, 1.165) is 12.8 Å². The number of fused-ring (bicyclic) bond motifs is 6. The Labute approximate surface area is 222 Å². The van der Waals surface area contributed by atoms with Crippen molar-refractivity contribution >= 4 is 49.2 Å².